The van der Waals surface area contributed by atoms with E-state index in [9.17, 15) is 8.42 Å². The maximum absolute atomic E-state index is 12.4. The number of hydrogen-bond acceptors (Lipinski definition) is 3. The Labute approximate surface area is 111 Å². The van der Waals surface area contributed by atoms with Crippen molar-refractivity contribution in [2.24, 2.45) is 0 Å². The first kappa shape index (κ1) is 11.7. The highest BCUT2D eigenvalue weighted by atomic mass is 32.2. The van der Waals surface area contributed by atoms with Crippen LogP contribution in [0.3, 0.4) is 0 Å². The Kier molecular flexibility index (Phi) is 2.84. The van der Waals surface area contributed by atoms with Crippen molar-refractivity contribution in [3.8, 4) is 0 Å². The highest BCUT2D eigenvalue weighted by molar-refractivity contribution is 7.97. The zero-order chi connectivity index (χ0) is 12.6. The third-order valence-electron chi connectivity index (χ3n) is 3.12. The van der Waals surface area contributed by atoms with E-state index in [-0.39, 0.29) is 0 Å². The van der Waals surface area contributed by atoms with Gasteiger partial charge < -0.3 is 0 Å². The minimum absolute atomic E-state index is 0.438. The second-order valence-electron chi connectivity index (χ2n) is 4.24. The first-order chi connectivity index (χ1) is 8.68. The van der Waals surface area contributed by atoms with E-state index in [1.165, 1.54) is 16.9 Å². The highest BCUT2D eigenvalue weighted by Crippen LogP contribution is 2.32. The Balaban J connectivity index is 2.08. The number of thiophene rings is 1. The van der Waals surface area contributed by atoms with Gasteiger partial charge in [0.25, 0.3) is 0 Å². The summed E-state index contributed by atoms with van der Waals surface area (Å²) in [5.41, 5.74) is 2.25. The van der Waals surface area contributed by atoms with E-state index in [2.05, 4.69) is 6.07 Å². The predicted molar refractivity (Wildman–Crippen MR) is 74.2 cm³/mol. The third kappa shape index (κ3) is 1.91. The fourth-order valence-electron chi connectivity index (χ4n) is 2.16. The summed E-state index contributed by atoms with van der Waals surface area (Å²) in [6, 6.07) is 11.4. The second kappa shape index (κ2) is 4.37. The lowest BCUT2D eigenvalue weighted by molar-refractivity contribution is 0.602. The normalized spacial score (nSPS) is 15.0. The molecule has 0 spiro atoms. The average molecular weight is 276 g/mol. The molecule has 1 aliphatic carbocycles. The van der Waals surface area contributed by atoms with Crippen molar-refractivity contribution < 1.29 is 8.42 Å². The van der Waals surface area contributed by atoms with E-state index in [0.717, 1.165) is 12.0 Å². The topological polar surface area (TPSA) is 34.1 Å². The van der Waals surface area contributed by atoms with Crippen LogP contribution < -0.4 is 0 Å². The van der Waals surface area contributed by atoms with Gasteiger partial charge in [-0.15, -0.1) is 11.3 Å². The van der Waals surface area contributed by atoms with E-state index in [4.69, 9.17) is 0 Å². The minimum atomic E-state index is -3.28. The summed E-state index contributed by atoms with van der Waals surface area (Å²) in [5, 5.41) is 1.80. The molecule has 0 N–H and O–H groups in total. The molecular weight excluding hydrogens is 264 g/mol. The summed E-state index contributed by atoms with van der Waals surface area (Å²) in [4.78, 5) is 0.531. The summed E-state index contributed by atoms with van der Waals surface area (Å²) in [7, 11) is -3.28. The Bertz CT molecular complexity index is 695. The van der Waals surface area contributed by atoms with Gasteiger partial charge in [0, 0.05) is 0 Å². The van der Waals surface area contributed by atoms with E-state index in [1.54, 1.807) is 17.5 Å². The Morgan fingerprint density at radius 2 is 1.83 bits per heavy atom. The molecule has 2 nitrogen and oxygen atoms in total. The van der Waals surface area contributed by atoms with E-state index < -0.39 is 9.84 Å². The van der Waals surface area contributed by atoms with Crippen molar-refractivity contribution in [2.75, 3.05) is 0 Å². The van der Waals surface area contributed by atoms with Crippen LogP contribution in [-0.2, 0) is 16.3 Å². The molecule has 0 bridgehead atoms. The van der Waals surface area contributed by atoms with Crippen LogP contribution in [0.2, 0.25) is 0 Å². The van der Waals surface area contributed by atoms with Gasteiger partial charge in [0.15, 0.2) is 0 Å². The fourth-order valence-corrected chi connectivity index (χ4v) is 4.78. The summed E-state index contributed by atoms with van der Waals surface area (Å²) < 4.78 is 25.2. The average Bonchev–Trinajstić information content (AvgIpc) is 2.92. The zero-order valence-electron chi connectivity index (χ0n) is 9.67. The molecule has 18 heavy (non-hydrogen) atoms. The zero-order valence-corrected chi connectivity index (χ0v) is 11.3. The Hall–Kier alpha value is -1.39. The highest BCUT2D eigenvalue weighted by Gasteiger charge is 2.24. The molecule has 3 rings (SSSR count). The number of benzene rings is 1. The van der Waals surface area contributed by atoms with Crippen LogP contribution in [0.5, 0.6) is 0 Å². The number of sulfone groups is 1. The number of allylic oxidation sites excluding steroid dienone is 1. The van der Waals surface area contributed by atoms with Gasteiger partial charge >= 0.3 is 0 Å². The smallest absolute Gasteiger partial charge is 0.212 e. The van der Waals surface area contributed by atoms with Crippen molar-refractivity contribution in [2.45, 2.75) is 17.1 Å². The molecular formula is C14H12O2S2. The SMILES string of the molecule is O=S(=O)(C1=Cc2ccccc2CC1)c1cccs1. The first-order valence-electron chi connectivity index (χ1n) is 5.75. The summed E-state index contributed by atoms with van der Waals surface area (Å²) >= 11 is 1.28. The monoisotopic (exact) mass is 276 g/mol. The molecule has 2 aromatic rings. The summed E-state index contributed by atoms with van der Waals surface area (Å²) in [5.74, 6) is 0. The van der Waals surface area contributed by atoms with E-state index in [0.29, 0.717) is 15.5 Å². The van der Waals surface area contributed by atoms with Gasteiger partial charge in [-0.05, 0) is 41.5 Å². The molecule has 0 saturated heterocycles. The van der Waals surface area contributed by atoms with Crippen LogP contribution in [0, 0.1) is 0 Å². The van der Waals surface area contributed by atoms with Gasteiger partial charge in [0.2, 0.25) is 9.84 Å². The second-order valence-corrected chi connectivity index (χ2v) is 7.42. The molecule has 0 amide bonds. The quantitative estimate of drug-likeness (QED) is 0.841. The molecule has 0 unspecified atom stereocenters. The number of rotatable bonds is 2. The molecule has 1 heterocycles. The van der Waals surface area contributed by atoms with Crippen molar-refractivity contribution >= 4 is 27.3 Å². The van der Waals surface area contributed by atoms with Crippen molar-refractivity contribution in [1.29, 1.82) is 0 Å². The molecule has 1 aromatic carbocycles. The lowest BCUT2D eigenvalue weighted by Gasteiger charge is -2.15. The van der Waals surface area contributed by atoms with E-state index >= 15 is 0 Å². The van der Waals surface area contributed by atoms with Crippen LogP contribution in [0.15, 0.2) is 50.9 Å². The van der Waals surface area contributed by atoms with Crippen LogP contribution >= 0.6 is 11.3 Å². The third-order valence-corrected chi connectivity index (χ3v) is 6.40. The van der Waals surface area contributed by atoms with Gasteiger partial charge in [0.05, 0.1) is 4.91 Å². The molecule has 0 radical (unpaired) electrons. The van der Waals surface area contributed by atoms with Gasteiger partial charge in [-0.25, -0.2) is 8.42 Å². The first-order valence-corrected chi connectivity index (χ1v) is 8.11. The molecule has 4 heteroatoms. The number of hydrogen-bond donors (Lipinski definition) is 0. The maximum atomic E-state index is 12.4. The number of fused-ring (bicyclic) bond motifs is 1. The van der Waals surface area contributed by atoms with Crippen LogP contribution in [0.25, 0.3) is 6.08 Å². The van der Waals surface area contributed by atoms with Crippen molar-refractivity contribution in [1.82, 2.24) is 0 Å². The van der Waals surface area contributed by atoms with Crippen LogP contribution in [0.1, 0.15) is 17.5 Å². The predicted octanol–water partition coefficient (Wildman–Crippen LogP) is 3.51. The van der Waals surface area contributed by atoms with Crippen LogP contribution in [-0.4, -0.2) is 8.42 Å². The summed E-state index contributed by atoms with van der Waals surface area (Å²) in [6.07, 6.45) is 3.21. The fraction of sp³-hybridized carbons (Fsp3) is 0.143. The molecule has 1 aromatic heterocycles. The Morgan fingerprint density at radius 3 is 2.61 bits per heavy atom. The molecule has 0 aliphatic heterocycles. The lowest BCUT2D eigenvalue weighted by atomic mass is 9.98. The molecule has 0 atom stereocenters. The van der Waals surface area contributed by atoms with Gasteiger partial charge in [-0.2, -0.15) is 0 Å². The summed E-state index contributed by atoms with van der Waals surface area (Å²) in [6.45, 7) is 0. The van der Waals surface area contributed by atoms with Gasteiger partial charge in [-0.3, -0.25) is 0 Å². The van der Waals surface area contributed by atoms with Crippen molar-refractivity contribution in [3.63, 3.8) is 0 Å². The molecule has 0 saturated carbocycles. The maximum Gasteiger partial charge on any atom is 0.212 e. The van der Waals surface area contributed by atoms with Crippen molar-refractivity contribution in [3.05, 3.63) is 57.8 Å². The Morgan fingerprint density at radius 1 is 1.00 bits per heavy atom. The van der Waals surface area contributed by atoms with Gasteiger partial charge in [-0.1, -0.05) is 30.3 Å². The lowest BCUT2D eigenvalue weighted by Crippen LogP contribution is -2.08. The van der Waals surface area contributed by atoms with Crippen LogP contribution in [0.4, 0.5) is 0 Å². The van der Waals surface area contributed by atoms with E-state index in [1.807, 2.05) is 24.3 Å². The standard InChI is InChI=1S/C14H12O2S2/c15-18(16,14-6-3-9-17-14)13-8-7-11-4-1-2-5-12(11)10-13/h1-6,9-10H,7-8H2. The van der Waals surface area contributed by atoms with Gasteiger partial charge in [0.1, 0.15) is 4.21 Å². The molecule has 0 fully saturated rings. The largest absolute Gasteiger partial charge is 0.218 e. The number of aryl methyl sites for hydroxylation is 1. The minimum Gasteiger partial charge on any atom is -0.218 e. The molecule has 92 valence electrons. The molecule has 1 aliphatic rings.